The highest BCUT2D eigenvalue weighted by atomic mass is 16.6. The maximum atomic E-state index is 11.3. The predicted molar refractivity (Wildman–Crippen MR) is 177 cm³/mol. The van der Waals surface area contributed by atoms with E-state index in [9.17, 15) is 10.2 Å². The van der Waals surface area contributed by atoms with Crippen molar-refractivity contribution in [3.63, 3.8) is 0 Å². The van der Waals surface area contributed by atoms with Crippen LogP contribution in [0.2, 0.25) is 0 Å². The van der Waals surface area contributed by atoms with Crippen LogP contribution < -0.4 is 0 Å². The Morgan fingerprint density at radius 2 is 0.955 bits per heavy atom. The number of ether oxygens (including phenoxy) is 2. The predicted octanol–water partition coefficient (Wildman–Crippen LogP) is 10.1. The van der Waals surface area contributed by atoms with E-state index in [1.807, 2.05) is 0 Å². The smallest absolute Gasteiger partial charge is 0.119 e. The molecule has 7 rings (SSSR count). The lowest BCUT2D eigenvalue weighted by molar-refractivity contribution is -0.296. The standard InChI is InChI=1S/C40H56O4/c1-21(2)23-17-25-27(19-29(23)41)39(9)15-11-13-37(5,6)35(39)33-31(25)43-34-32(44-33)26-18-24(22(3)4)30(42)20-28(26)40(10)16-12-14-38(7,8)36(34)40/h17-22,31-36,41-42H,11-16H2,1-10H3/t31-,32+,33-,34-,35-,36-,39+,40+/m0/s1. The van der Waals surface area contributed by atoms with E-state index in [0.717, 1.165) is 36.8 Å². The number of fused-ring (bicyclic) bond motifs is 12. The van der Waals surface area contributed by atoms with Gasteiger partial charge in [-0.05, 0) is 117 Å². The average molecular weight is 601 g/mol. The van der Waals surface area contributed by atoms with E-state index in [4.69, 9.17) is 9.47 Å². The molecule has 0 bridgehead atoms. The van der Waals surface area contributed by atoms with Gasteiger partial charge in [0.1, 0.15) is 23.7 Å². The van der Waals surface area contributed by atoms with Crippen molar-refractivity contribution < 1.29 is 19.7 Å². The zero-order chi connectivity index (χ0) is 31.7. The molecule has 2 aromatic rings. The van der Waals surface area contributed by atoms with Crippen LogP contribution >= 0.6 is 0 Å². The zero-order valence-corrected chi connectivity index (χ0v) is 28.9. The van der Waals surface area contributed by atoms with E-state index in [1.54, 1.807) is 0 Å². The summed E-state index contributed by atoms with van der Waals surface area (Å²) in [6.45, 7) is 23.3. The number of phenols is 2. The molecular weight excluding hydrogens is 544 g/mol. The lowest BCUT2D eigenvalue weighted by Crippen LogP contribution is -2.64. The summed E-state index contributed by atoms with van der Waals surface area (Å²) in [5.41, 5.74) is 6.91. The van der Waals surface area contributed by atoms with Crippen molar-refractivity contribution in [3.05, 3.63) is 57.6 Å². The minimum absolute atomic E-state index is 0.0598. The first-order valence-corrected chi connectivity index (χ1v) is 17.6. The van der Waals surface area contributed by atoms with Crippen LogP contribution in [-0.2, 0) is 20.3 Å². The van der Waals surface area contributed by atoms with Crippen LogP contribution in [0.25, 0.3) is 0 Å². The molecule has 0 spiro atoms. The third-order valence-electron chi connectivity index (χ3n) is 13.4. The topological polar surface area (TPSA) is 58.9 Å². The Morgan fingerprint density at radius 1 is 0.591 bits per heavy atom. The van der Waals surface area contributed by atoms with Gasteiger partial charge in [-0.3, -0.25) is 0 Å². The monoisotopic (exact) mass is 600 g/mol. The Kier molecular flexibility index (Phi) is 6.77. The molecule has 8 atom stereocenters. The summed E-state index contributed by atoms with van der Waals surface area (Å²) < 4.78 is 15.3. The fourth-order valence-corrected chi connectivity index (χ4v) is 11.7. The molecule has 0 unspecified atom stereocenters. The summed E-state index contributed by atoms with van der Waals surface area (Å²) in [6, 6.07) is 8.76. The summed E-state index contributed by atoms with van der Waals surface area (Å²) in [6.07, 6.45) is 6.31. The molecule has 44 heavy (non-hydrogen) atoms. The summed E-state index contributed by atoms with van der Waals surface area (Å²) in [4.78, 5) is 0. The van der Waals surface area contributed by atoms with Crippen molar-refractivity contribution in [1.29, 1.82) is 0 Å². The summed E-state index contributed by atoms with van der Waals surface area (Å²) in [5.74, 6) is 1.78. The highest BCUT2D eigenvalue weighted by molar-refractivity contribution is 5.53. The van der Waals surface area contributed by atoms with E-state index in [1.165, 1.54) is 35.1 Å². The number of hydrogen-bond donors (Lipinski definition) is 2. The number of benzene rings is 2. The summed E-state index contributed by atoms with van der Waals surface area (Å²) >= 11 is 0. The van der Waals surface area contributed by atoms with Gasteiger partial charge in [-0.25, -0.2) is 0 Å². The third-order valence-corrected chi connectivity index (χ3v) is 13.4. The summed E-state index contributed by atoms with van der Waals surface area (Å²) in [5, 5.41) is 22.6. The second kappa shape index (κ2) is 9.74. The Labute approximate surface area is 265 Å². The normalized spacial score (nSPS) is 38.2. The first kappa shape index (κ1) is 30.6. The molecule has 4 nitrogen and oxygen atoms in total. The van der Waals surface area contributed by atoms with Crippen LogP contribution in [0.5, 0.6) is 11.5 Å². The number of hydrogen-bond acceptors (Lipinski definition) is 4. The maximum absolute atomic E-state index is 11.3. The fourth-order valence-electron chi connectivity index (χ4n) is 11.7. The van der Waals surface area contributed by atoms with Crippen molar-refractivity contribution >= 4 is 0 Å². The highest BCUT2D eigenvalue weighted by Gasteiger charge is 2.65. The van der Waals surface area contributed by atoms with Gasteiger partial charge in [-0.1, -0.05) is 82.1 Å². The van der Waals surface area contributed by atoms with Gasteiger partial charge < -0.3 is 19.7 Å². The van der Waals surface area contributed by atoms with Crippen molar-refractivity contribution in [1.82, 2.24) is 0 Å². The van der Waals surface area contributed by atoms with E-state index in [2.05, 4.69) is 93.5 Å². The lowest BCUT2D eigenvalue weighted by atomic mass is 9.47. The SMILES string of the molecule is CC(C)c1cc2c(cc1O)[C@@]1(C)CCCC(C)(C)[C@@H]1[C@H]1O[C@H]3c4cc(C(C)C)c(O)cc4[C@@]4(C)CCCC(C)(C)[C@@H]4[C@H]3O[C@H]21. The molecule has 0 amide bonds. The first-order valence-electron chi connectivity index (χ1n) is 17.6. The van der Waals surface area contributed by atoms with Gasteiger partial charge in [0.25, 0.3) is 0 Å². The van der Waals surface area contributed by atoms with Crippen LogP contribution in [-0.4, -0.2) is 22.4 Å². The average Bonchev–Trinajstić information content (AvgIpc) is 2.91. The summed E-state index contributed by atoms with van der Waals surface area (Å²) in [7, 11) is 0. The second-order valence-corrected chi connectivity index (χ2v) is 17.8. The molecule has 5 aliphatic rings. The molecule has 1 heterocycles. The molecule has 4 aliphatic carbocycles. The van der Waals surface area contributed by atoms with E-state index in [0.29, 0.717) is 11.5 Å². The van der Waals surface area contributed by atoms with Gasteiger partial charge in [-0.15, -0.1) is 0 Å². The van der Waals surface area contributed by atoms with Gasteiger partial charge in [0.05, 0.1) is 12.2 Å². The number of rotatable bonds is 2. The van der Waals surface area contributed by atoms with Crippen LogP contribution in [0.15, 0.2) is 24.3 Å². The molecule has 2 saturated carbocycles. The molecule has 2 N–H and O–H groups in total. The quantitative estimate of drug-likeness (QED) is 0.360. The highest BCUT2D eigenvalue weighted by Crippen LogP contribution is 2.68. The Bertz CT molecular complexity index is 1370. The van der Waals surface area contributed by atoms with E-state index in [-0.39, 0.29) is 69.7 Å². The van der Waals surface area contributed by atoms with Crippen molar-refractivity contribution in [2.75, 3.05) is 0 Å². The molecule has 2 aromatic carbocycles. The maximum Gasteiger partial charge on any atom is 0.119 e. The van der Waals surface area contributed by atoms with Crippen LogP contribution in [0.4, 0.5) is 0 Å². The van der Waals surface area contributed by atoms with Gasteiger partial charge in [0.15, 0.2) is 0 Å². The minimum Gasteiger partial charge on any atom is -0.508 e. The molecule has 1 aliphatic heterocycles. The van der Waals surface area contributed by atoms with Gasteiger partial charge in [-0.2, -0.15) is 0 Å². The first-order chi connectivity index (χ1) is 20.5. The largest absolute Gasteiger partial charge is 0.508 e. The fraction of sp³-hybridized carbons (Fsp3) is 0.700. The van der Waals surface area contributed by atoms with Crippen molar-refractivity contribution in [2.45, 2.75) is 155 Å². The second-order valence-electron chi connectivity index (χ2n) is 17.8. The van der Waals surface area contributed by atoms with E-state index >= 15 is 0 Å². The molecule has 1 saturated heterocycles. The molecule has 0 radical (unpaired) electrons. The molecular formula is C40H56O4. The zero-order valence-electron chi connectivity index (χ0n) is 28.9. The molecule has 240 valence electrons. The number of phenolic OH excluding ortho intramolecular Hbond substituents is 2. The van der Waals surface area contributed by atoms with Crippen LogP contribution in [0, 0.1) is 22.7 Å². The van der Waals surface area contributed by atoms with Crippen LogP contribution in [0.1, 0.15) is 165 Å². The third kappa shape index (κ3) is 4.08. The molecule has 3 fully saturated rings. The van der Waals surface area contributed by atoms with Crippen LogP contribution in [0.3, 0.4) is 0 Å². The minimum atomic E-state index is -0.176. The van der Waals surface area contributed by atoms with Gasteiger partial charge >= 0.3 is 0 Å². The lowest BCUT2D eigenvalue weighted by Gasteiger charge is -2.65. The van der Waals surface area contributed by atoms with Crippen molar-refractivity contribution in [3.8, 4) is 11.5 Å². The Morgan fingerprint density at radius 3 is 1.30 bits per heavy atom. The molecule has 0 aromatic heterocycles. The molecule has 4 heteroatoms. The van der Waals surface area contributed by atoms with E-state index < -0.39 is 0 Å². The number of aromatic hydroxyl groups is 2. The Hall–Kier alpha value is -2.04. The Balaban J connectivity index is 1.47. The van der Waals surface area contributed by atoms with Gasteiger partial charge in [0.2, 0.25) is 0 Å². The van der Waals surface area contributed by atoms with Gasteiger partial charge in [0, 0.05) is 11.8 Å². The van der Waals surface area contributed by atoms with Crippen molar-refractivity contribution in [2.24, 2.45) is 22.7 Å².